The molecule has 0 aliphatic rings. The van der Waals surface area contributed by atoms with Crippen LogP contribution < -0.4 is 25.4 Å². The molecule has 37 heavy (non-hydrogen) atoms. The van der Waals surface area contributed by atoms with Gasteiger partial charge < -0.3 is 25.4 Å². The number of aromatic nitrogens is 2. The molecule has 0 saturated carbocycles. The molecule has 0 saturated heterocycles. The van der Waals surface area contributed by atoms with Gasteiger partial charge in [-0.05, 0) is 63.6 Å². The van der Waals surface area contributed by atoms with Crippen LogP contribution in [0, 0.1) is 5.82 Å². The van der Waals surface area contributed by atoms with Gasteiger partial charge >= 0.3 is 6.03 Å². The number of hydrogen-bond acceptors (Lipinski definition) is 7. The minimum atomic E-state index is -0.707. The Morgan fingerprint density at radius 2 is 2.00 bits per heavy atom. The zero-order chi connectivity index (χ0) is 26.4. The summed E-state index contributed by atoms with van der Waals surface area (Å²) >= 11 is 4.98. The number of hydrogen-bond donors (Lipinski definition) is 3. The summed E-state index contributed by atoms with van der Waals surface area (Å²) in [6.07, 6.45) is 3.07. The number of amides is 3. The highest BCUT2D eigenvalue weighted by Crippen LogP contribution is 2.35. The van der Waals surface area contributed by atoms with Gasteiger partial charge in [0, 0.05) is 24.4 Å². The van der Waals surface area contributed by atoms with Gasteiger partial charge in [0.1, 0.15) is 12.1 Å². The second kappa shape index (κ2) is 11.8. The molecule has 0 unspecified atom stereocenters. The van der Waals surface area contributed by atoms with E-state index >= 15 is 0 Å². The van der Waals surface area contributed by atoms with Crippen LogP contribution in [0.4, 0.5) is 20.6 Å². The standard InChI is InChI=1S/C25H21BrFN5O4S/c1-3-23(33)32-19-10-16-18(11-21(19)35-2)29-13-30-24(16)36-20-5-4-15(9-17(20)27)31-25(34)28-7-6-14-8-22(26)37-12-14/h3-5,8-13H,1,6-7H2,2H3,(H,32,33)(H2,28,31,34). The number of halogens is 2. The maximum atomic E-state index is 14.8. The fourth-order valence-corrected chi connectivity index (χ4v) is 4.57. The number of anilines is 2. The number of ether oxygens (including phenoxy) is 2. The lowest BCUT2D eigenvalue weighted by atomic mass is 10.2. The summed E-state index contributed by atoms with van der Waals surface area (Å²) in [4.78, 5) is 32.3. The van der Waals surface area contributed by atoms with Gasteiger partial charge in [0.15, 0.2) is 11.6 Å². The molecule has 3 N–H and O–H groups in total. The van der Waals surface area contributed by atoms with Gasteiger partial charge in [-0.1, -0.05) is 6.58 Å². The van der Waals surface area contributed by atoms with Gasteiger partial charge in [-0.15, -0.1) is 11.3 Å². The lowest BCUT2D eigenvalue weighted by molar-refractivity contribution is -0.111. The monoisotopic (exact) mass is 585 g/mol. The van der Waals surface area contributed by atoms with Gasteiger partial charge in [0.25, 0.3) is 0 Å². The molecular weight excluding hydrogens is 565 g/mol. The molecule has 0 aliphatic carbocycles. The topological polar surface area (TPSA) is 114 Å². The van der Waals surface area contributed by atoms with E-state index in [0.717, 1.165) is 21.5 Å². The molecule has 0 spiro atoms. The average molecular weight is 586 g/mol. The first kappa shape index (κ1) is 26.0. The molecular formula is C25H21BrFN5O4S. The summed E-state index contributed by atoms with van der Waals surface area (Å²) in [5.41, 5.74) is 2.17. The van der Waals surface area contributed by atoms with Crippen LogP contribution in [0.3, 0.4) is 0 Å². The van der Waals surface area contributed by atoms with Crippen LogP contribution in [0.15, 0.2) is 64.5 Å². The highest BCUT2D eigenvalue weighted by molar-refractivity contribution is 9.11. The summed E-state index contributed by atoms with van der Waals surface area (Å²) in [7, 11) is 1.46. The number of nitrogens with one attached hydrogen (secondary N) is 3. The Balaban J connectivity index is 1.46. The maximum absolute atomic E-state index is 14.8. The summed E-state index contributed by atoms with van der Waals surface area (Å²) in [5, 5.41) is 10.4. The molecule has 0 atom stereocenters. The van der Waals surface area contributed by atoms with Crippen molar-refractivity contribution in [1.29, 1.82) is 0 Å². The third-order valence-electron chi connectivity index (χ3n) is 5.08. The van der Waals surface area contributed by atoms with Crippen molar-refractivity contribution in [2.45, 2.75) is 6.42 Å². The number of thiophene rings is 1. The Labute approximate surface area is 223 Å². The van der Waals surface area contributed by atoms with E-state index in [1.54, 1.807) is 23.5 Å². The number of fused-ring (bicyclic) bond motifs is 1. The molecule has 0 fully saturated rings. The second-order valence-corrected chi connectivity index (χ2v) is 9.87. The van der Waals surface area contributed by atoms with Crippen LogP contribution in [-0.2, 0) is 11.2 Å². The quantitative estimate of drug-likeness (QED) is 0.211. The van der Waals surface area contributed by atoms with Gasteiger partial charge in [-0.2, -0.15) is 0 Å². The smallest absolute Gasteiger partial charge is 0.319 e. The van der Waals surface area contributed by atoms with Crippen LogP contribution in [0.5, 0.6) is 17.4 Å². The van der Waals surface area contributed by atoms with Crippen molar-refractivity contribution in [2.24, 2.45) is 0 Å². The number of rotatable bonds is 9. The van der Waals surface area contributed by atoms with E-state index in [1.807, 2.05) is 11.4 Å². The molecule has 9 nitrogen and oxygen atoms in total. The van der Waals surface area contributed by atoms with Crippen molar-refractivity contribution in [1.82, 2.24) is 15.3 Å². The van der Waals surface area contributed by atoms with Gasteiger partial charge in [0.05, 0.1) is 27.5 Å². The van der Waals surface area contributed by atoms with E-state index < -0.39 is 17.8 Å². The predicted molar refractivity (Wildman–Crippen MR) is 144 cm³/mol. The minimum absolute atomic E-state index is 0.0687. The molecule has 2 aromatic heterocycles. The number of urea groups is 1. The zero-order valence-electron chi connectivity index (χ0n) is 19.5. The van der Waals surface area contributed by atoms with Crippen LogP contribution in [-0.4, -0.2) is 35.6 Å². The maximum Gasteiger partial charge on any atom is 0.319 e. The summed E-state index contributed by atoms with van der Waals surface area (Å²) in [6, 6.07) is 8.75. The Kier molecular flexibility index (Phi) is 8.31. The number of nitrogens with zero attached hydrogens (tertiary/aromatic N) is 2. The third kappa shape index (κ3) is 6.60. The zero-order valence-corrected chi connectivity index (χ0v) is 21.9. The average Bonchev–Trinajstić information content (AvgIpc) is 3.30. The first-order chi connectivity index (χ1) is 17.9. The molecule has 0 aliphatic heterocycles. The molecule has 4 aromatic rings. The number of carbonyl (C=O) groups is 2. The first-order valence-corrected chi connectivity index (χ1v) is 12.5. The van der Waals surface area contributed by atoms with Crippen LogP contribution in [0.25, 0.3) is 10.9 Å². The number of benzene rings is 2. The van der Waals surface area contributed by atoms with E-state index in [2.05, 4.69) is 48.4 Å². The van der Waals surface area contributed by atoms with Crippen molar-refractivity contribution in [3.63, 3.8) is 0 Å². The lowest BCUT2D eigenvalue weighted by Crippen LogP contribution is -2.30. The number of carbonyl (C=O) groups excluding carboxylic acids is 2. The van der Waals surface area contributed by atoms with E-state index in [9.17, 15) is 14.0 Å². The minimum Gasteiger partial charge on any atom is -0.494 e. The Morgan fingerprint density at radius 3 is 2.70 bits per heavy atom. The predicted octanol–water partition coefficient (Wildman–Crippen LogP) is 5.88. The van der Waals surface area contributed by atoms with Gasteiger partial charge in [-0.3, -0.25) is 4.79 Å². The summed E-state index contributed by atoms with van der Waals surface area (Å²) < 4.78 is 26.9. The van der Waals surface area contributed by atoms with Crippen molar-refractivity contribution >= 4 is 61.5 Å². The van der Waals surface area contributed by atoms with Crippen LogP contribution in [0.2, 0.25) is 0 Å². The van der Waals surface area contributed by atoms with Gasteiger partial charge in [0.2, 0.25) is 11.8 Å². The van der Waals surface area contributed by atoms with Gasteiger partial charge in [-0.25, -0.2) is 19.2 Å². The molecule has 2 heterocycles. The highest BCUT2D eigenvalue weighted by Gasteiger charge is 2.15. The van der Waals surface area contributed by atoms with E-state index in [-0.39, 0.29) is 17.3 Å². The molecule has 2 aromatic carbocycles. The number of methoxy groups -OCH3 is 1. The fraction of sp³-hybridized carbons (Fsp3) is 0.120. The first-order valence-electron chi connectivity index (χ1n) is 10.9. The Morgan fingerprint density at radius 1 is 1.16 bits per heavy atom. The van der Waals surface area contributed by atoms with Crippen molar-refractivity contribution < 1.29 is 23.5 Å². The van der Waals surface area contributed by atoms with Crippen LogP contribution in [0.1, 0.15) is 5.56 Å². The highest BCUT2D eigenvalue weighted by atomic mass is 79.9. The van der Waals surface area contributed by atoms with Crippen molar-refractivity contribution in [2.75, 3.05) is 24.3 Å². The molecule has 12 heteroatoms. The summed E-state index contributed by atoms with van der Waals surface area (Å²) in [6.45, 7) is 3.87. The normalized spacial score (nSPS) is 10.6. The molecule has 0 bridgehead atoms. The molecule has 4 rings (SSSR count). The second-order valence-electron chi connectivity index (χ2n) is 7.58. The largest absolute Gasteiger partial charge is 0.494 e. The van der Waals surface area contributed by atoms with Crippen molar-refractivity contribution in [3.8, 4) is 17.4 Å². The van der Waals surface area contributed by atoms with E-state index in [1.165, 1.54) is 25.6 Å². The lowest BCUT2D eigenvalue weighted by Gasteiger charge is -2.13. The van der Waals surface area contributed by atoms with Crippen LogP contribution >= 0.6 is 27.3 Å². The van der Waals surface area contributed by atoms with Crippen molar-refractivity contribution in [3.05, 3.63) is 75.9 Å². The third-order valence-corrected chi connectivity index (χ3v) is 6.63. The fourth-order valence-electron chi connectivity index (χ4n) is 3.33. The van der Waals surface area contributed by atoms with E-state index in [4.69, 9.17) is 9.47 Å². The summed E-state index contributed by atoms with van der Waals surface area (Å²) in [5.74, 6) is -0.813. The molecule has 190 valence electrons. The SMILES string of the molecule is C=CC(=O)Nc1cc2c(Oc3ccc(NC(=O)NCCc4csc(Br)c4)cc3F)ncnc2cc1OC. The Bertz CT molecular complexity index is 1480. The molecule has 0 radical (unpaired) electrons. The van der Waals surface area contributed by atoms with E-state index in [0.29, 0.717) is 35.3 Å². The Hall–Kier alpha value is -4.03. The molecule has 3 amide bonds.